The number of carbonyl (C=O) groups excluding carboxylic acids is 1. The first-order valence-electron chi connectivity index (χ1n) is 11.9. The molecule has 1 fully saturated rings. The molecule has 7 nitrogen and oxygen atoms in total. The van der Waals surface area contributed by atoms with Gasteiger partial charge in [0.15, 0.2) is 11.6 Å². The summed E-state index contributed by atoms with van der Waals surface area (Å²) in [6.07, 6.45) is 1.32. The number of benzene rings is 2. The molecule has 1 aromatic heterocycles. The quantitative estimate of drug-likeness (QED) is 0.382. The van der Waals surface area contributed by atoms with Gasteiger partial charge in [-0.05, 0) is 48.2 Å². The zero-order chi connectivity index (χ0) is 24.9. The van der Waals surface area contributed by atoms with E-state index in [-0.39, 0.29) is 23.9 Å². The van der Waals surface area contributed by atoms with Crippen molar-refractivity contribution in [3.05, 3.63) is 68.0 Å². The summed E-state index contributed by atoms with van der Waals surface area (Å²) in [6, 6.07) is 13.2. The van der Waals surface area contributed by atoms with Crippen molar-refractivity contribution in [3.8, 4) is 17.1 Å². The topological polar surface area (TPSA) is 69.4 Å². The minimum atomic E-state index is -0.356. The highest BCUT2D eigenvalue weighted by atomic mass is 79.9. The van der Waals surface area contributed by atoms with E-state index in [1.54, 1.807) is 12.1 Å². The third-order valence-corrected chi connectivity index (χ3v) is 6.93. The fourth-order valence-corrected chi connectivity index (χ4v) is 4.78. The first-order chi connectivity index (χ1) is 16.8. The van der Waals surface area contributed by atoms with E-state index in [1.165, 1.54) is 14.8 Å². The van der Waals surface area contributed by atoms with Gasteiger partial charge >= 0.3 is 5.69 Å². The molecule has 0 spiro atoms. The van der Waals surface area contributed by atoms with E-state index in [0.29, 0.717) is 28.5 Å². The second-order valence-electron chi connectivity index (χ2n) is 9.24. The van der Waals surface area contributed by atoms with Crippen LogP contribution >= 0.6 is 27.5 Å². The Balaban J connectivity index is 1.63. The van der Waals surface area contributed by atoms with Gasteiger partial charge in [0.2, 0.25) is 0 Å². The predicted molar refractivity (Wildman–Crippen MR) is 141 cm³/mol. The summed E-state index contributed by atoms with van der Waals surface area (Å²) in [5, 5.41) is 5.16. The van der Waals surface area contributed by atoms with Crippen LogP contribution in [0.1, 0.15) is 25.8 Å². The number of hydrogen-bond donors (Lipinski definition) is 0. The number of aromatic nitrogens is 3. The Morgan fingerprint density at radius 2 is 1.86 bits per heavy atom. The van der Waals surface area contributed by atoms with Gasteiger partial charge in [-0.3, -0.25) is 14.3 Å². The van der Waals surface area contributed by atoms with Crippen LogP contribution in [0.4, 0.5) is 0 Å². The molecule has 0 saturated carbocycles. The van der Waals surface area contributed by atoms with Crippen molar-refractivity contribution in [1.29, 1.82) is 0 Å². The van der Waals surface area contributed by atoms with Crippen molar-refractivity contribution in [2.75, 3.05) is 32.8 Å². The third-order valence-electron chi connectivity index (χ3n) is 6.00. The number of nitrogens with zero attached hydrogens (tertiary/aromatic N) is 4. The molecule has 0 radical (unpaired) electrons. The molecular formula is C26H30BrClN4O3. The van der Waals surface area contributed by atoms with E-state index in [9.17, 15) is 9.59 Å². The van der Waals surface area contributed by atoms with Crippen molar-refractivity contribution in [3.63, 3.8) is 0 Å². The molecule has 186 valence electrons. The summed E-state index contributed by atoms with van der Waals surface area (Å²) in [4.78, 5) is 28.5. The van der Waals surface area contributed by atoms with Gasteiger partial charge in [-0.15, -0.1) is 5.10 Å². The number of hydrogen-bond acceptors (Lipinski definition) is 5. The highest BCUT2D eigenvalue weighted by Crippen LogP contribution is 2.29. The summed E-state index contributed by atoms with van der Waals surface area (Å²) in [5.74, 6) is 0.594. The zero-order valence-electron chi connectivity index (χ0n) is 20.0. The van der Waals surface area contributed by atoms with Gasteiger partial charge in [-0.2, -0.15) is 4.68 Å². The molecule has 2 aromatic carbocycles. The number of ether oxygens (including phenoxy) is 1. The van der Waals surface area contributed by atoms with Gasteiger partial charge in [-0.1, -0.05) is 53.5 Å². The maximum absolute atomic E-state index is 13.4. The molecule has 0 bridgehead atoms. The lowest BCUT2D eigenvalue weighted by Crippen LogP contribution is -2.37. The molecule has 0 N–H and O–H groups in total. The molecule has 0 unspecified atom stereocenters. The first kappa shape index (κ1) is 25.8. The average molecular weight is 562 g/mol. The van der Waals surface area contributed by atoms with E-state index in [0.717, 1.165) is 43.7 Å². The molecule has 35 heavy (non-hydrogen) atoms. The molecule has 9 heteroatoms. The van der Waals surface area contributed by atoms with Crippen LogP contribution in [0.2, 0.25) is 5.02 Å². The lowest BCUT2D eigenvalue weighted by molar-refractivity contribution is -0.120. The molecule has 1 saturated heterocycles. The van der Waals surface area contributed by atoms with Crippen LogP contribution < -0.4 is 5.69 Å². The van der Waals surface area contributed by atoms with E-state index < -0.39 is 0 Å². The van der Waals surface area contributed by atoms with Crippen molar-refractivity contribution in [2.24, 2.45) is 5.92 Å². The fourth-order valence-electron chi connectivity index (χ4n) is 4.19. The molecular weight excluding hydrogens is 532 g/mol. The lowest BCUT2D eigenvalue weighted by atomic mass is 10.1. The second-order valence-corrected chi connectivity index (χ2v) is 10.5. The summed E-state index contributed by atoms with van der Waals surface area (Å²) >= 11 is 9.78. The Kier molecular flexibility index (Phi) is 8.59. The predicted octanol–water partition coefficient (Wildman–Crippen LogP) is 4.61. The Morgan fingerprint density at radius 3 is 2.54 bits per heavy atom. The summed E-state index contributed by atoms with van der Waals surface area (Å²) in [5.41, 5.74) is 2.15. The van der Waals surface area contributed by atoms with Crippen LogP contribution in [-0.4, -0.2) is 57.9 Å². The largest absolute Gasteiger partial charge is 0.379 e. The van der Waals surface area contributed by atoms with Crippen LogP contribution in [0.15, 0.2) is 51.7 Å². The van der Waals surface area contributed by atoms with Crippen molar-refractivity contribution < 1.29 is 9.53 Å². The third kappa shape index (κ3) is 6.50. The van der Waals surface area contributed by atoms with Crippen molar-refractivity contribution in [2.45, 2.75) is 33.2 Å². The number of carbonyl (C=O) groups is 1. The van der Waals surface area contributed by atoms with E-state index in [2.05, 4.69) is 25.9 Å². The van der Waals surface area contributed by atoms with Crippen LogP contribution in [0.3, 0.4) is 0 Å². The number of Topliss-reactive ketones (excluding diaryl/α,β-unsaturated/α-hetero) is 1. The number of halogens is 2. The second kappa shape index (κ2) is 11.6. The first-order valence-corrected chi connectivity index (χ1v) is 13.1. The van der Waals surface area contributed by atoms with E-state index in [1.807, 2.05) is 44.2 Å². The Bertz CT molecular complexity index is 1230. The van der Waals surface area contributed by atoms with Gasteiger partial charge in [0.25, 0.3) is 0 Å². The lowest BCUT2D eigenvalue weighted by Gasteiger charge is -2.26. The smallest absolute Gasteiger partial charge is 0.351 e. The van der Waals surface area contributed by atoms with Gasteiger partial charge in [0.1, 0.15) is 0 Å². The average Bonchev–Trinajstić information content (AvgIpc) is 3.15. The monoisotopic (exact) mass is 560 g/mol. The molecule has 1 aliphatic heterocycles. The maximum atomic E-state index is 13.4. The van der Waals surface area contributed by atoms with Gasteiger partial charge in [0.05, 0.1) is 25.4 Å². The molecule has 0 aliphatic carbocycles. The maximum Gasteiger partial charge on any atom is 0.351 e. The molecule has 0 atom stereocenters. The SMILES string of the molecule is CC(C)CC(=O)Cn1c(-c2cc(Cl)ccc2Br)nn(-c2ccc(CCN3CCOCC3)cc2)c1=O. The van der Waals surface area contributed by atoms with Crippen LogP contribution in [0.5, 0.6) is 0 Å². The molecule has 0 amide bonds. The van der Waals surface area contributed by atoms with Crippen LogP contribution in [0, 0.1) is 5.92 Å². The normalized spacial score (nSPS) is 14.5. The molecule has 1 aliphatic rings. The number of morpholine rings is 1. The zero-order valence-corrected chi connectivity index (χ0v) is 22.4. The van der Waals surface area contributed by atoms with Gasteiger partial charge in [-0.25, -0.2) is 4.79 Å². The van der Waals surface area contributed by atoms with Gasteiger partial charge < -0.3 is 4.74 Å². The summed E-state index contributed by atoms with van der Waals surface area (Å²) in [6.45, 7) is 8.40. The van der Waals surface area contributed by atoms with E-state index >= 15 is 0 Å². The minimum absolute atomic E-state index is 0.0143. The Labute approximate surface area is 218 Å². The fraction of sp³-hybridized carbons (Fsp3) is 0.423. The van der Waals surface area contributed by atoms with Crippen molar-refractivity contribution in [1.82, 2.24) is 19.2 Å². The molecule has 4 rings (SSSR count). The minimum Gasteiger partial charge on any atom is -0.379 e. The summed E-state index contributed by atoms with van der Waals surface area (Å²) < 4.78 is 8.96. The highest BCUT2D eigenvalue weighted by Gasteiger charge is 2.21. The van der Waals surface area contributed by atoms with Crippen LogP contribution in [-0.2, 0) is 22.5 Å². The van der Waals surface area contributed by atoms with Gasteiger partial charge in [0, 0.05) is 41.1 Å². The van der Waals surface area contributed by atoms with E-state index in [4.69, 9.17) is 16.3 Å². The highest BCUT2D eigenvalue weighted by molar-refractivity contribution is 9.10. The Morgan fingerprint density at radius 1 is 1.14 bits per heavy atom. The van der Waals surface area contributed by atoms with Crippen LogP contribution in [0.25, 0.3) is 17.1 Å². The summed E-state index contributed by atoms with van der Waals surface area (Å²) in [7, 11) is 0. The number of ketones is 1. The molecule has 3 aromatic rings. The standard InChI is InChI=1S/C26H30BrClN4O3/c1-18(2)15-22(33)17-31-25(23-16-20(28)5-8-24(23)27)29-32(26(31)34)21-6-3-19(4-7-21)9-10-30-11-13-35-14-12-30/h3-8,16,18H,9-15,17H2,1-2H3. The molecule has 2 heterocycles. The number of rotatable bonds is 9. The van der Waals surface area contributed by atoms with Crippen molar-refractivity contribution >= 4 is 33.3 Å². The Hall–Kier alpha value is -2.26.